The van der Waals surface area contributed by atoms with Crippen LogP contribution >= 0.6 is 0 Å². The van der Waals surface area contributed by atoms with Crippen molar-refractivity contribution in [2.24, 2.45) is 7.05 Å². The van der Waals surface area contributed by atoms with Crippen molar-refractivity contribution in [1.82, 2.24) is 25.1 Å². The minimum absolute atomic E-state index is 0.236. The van der Waals surface area contributed by atoms with Crippen LogP contribution in [-0.2, 0) is 31.0 Å². The smallest absolute Gasteiger partial charge is 0.270 e. The third-order valence-electron chi connectivity index (χ3n) is 6.49. The summed E-state index contributed by atoms with van der Waals surface area (Å²) < 4.78 is 7.03. The number of hydrogen-bond acceptors (Lipinski definition) is 6. The first-order valence-electron chi connectivity index (χ1n) is 11.6. The number of aryl methyl sites for hydroxylation is 2. The minimum Gasteiger partial charge on any atom is -0.389 e. The zero-order chi connectivity index (χ0) is 22.8. The van der Waals surface area contributed by atoms with E-state index in [2.05, 4.69) is 21.5 Å². The molecule has 0 spiro atoms. The Hall–Kier alpha value is -3.10. The van der Waals surface area contributed by atoms with Gasteiger partial charge in [-0.15, -0.1) is 0 Å². The predicted octanol–water partition coefficient (Wildman–Crippen LogP) is 2.23. The molecule has 172 valence electrons. The molecule has 1 amide bonds. The SMILES string of the molecule is Cn1cc(-c2ccc(Cc3cc(C(=O)N[C@H]4CCOC[C@@H]4O)nc4c3CCCC4)cn2)cn1. The summed E-state index contributed by atoms with van der Waals surface area (Å²) in [5, 5.41) is 17.3. The van der Waals surface area contributed by atoms with Crippen LogP contribution in [0.15, 0.2) is 36.8 Å². The molecule has 0 bridgehead atoms. The number of nitrogens with zero attached hydrogens (tertiary/aromatic N) is 4. The maximum Gasteiger partial charge on any atom is 0.270 e. The normalized spacial score (nSPS) is 20.3. The summed E-state index contributed by atoms with van der Waals surface area (Å²) in [7, 11) is 1.89. The van der Waals surface area contributed by atoms with E-state index in [9.17, 15) is 9.90 Å². The van der Waals surface area contributed by atoms with Crippen LogP contribution in [0.2, 0.25) is 0 Å². The van der Waals surface area contributed by atoms with E-state index in [0.717, 1.165) is 53.8 Å². The van der Waals surface area contributed by atoms with Gasteiger partial charge in [0.1, 0.15) is 5.69 Å². The molecule has 8 nitrogen and oxygen atoms in total. The second-order valence-corrected chi connectivity index (χ2v) is 8.94. The largest absolute Gasteiger partial charge is 0.389 e. The van der Waals surface area contributed by atoms with Crippen molar-refractivity contribution in [1.29, 1.82) is 0 Å². The van der Waals surface area contributed by atoms with Crippen molar-refractivity contribution in [3.8, 4) is 11.3 Å². The van der Waals surface area contributed by atoms with Crippen LogP contribution in [0.5, 0.6) is 0 Å². The number of pyridine rings is 2. The van der Waals surface area contributed by atoms with E-state index in [1.807, 2.05) is 37.8 Å². The van der Waals surface area contributed by atoms with Gasteiger partial charge in [-0.05, 0) is 67.3 Å². The summed E-state index contributed by atoms with van der Waals surface area (Å²) in [6, 6.07) is 5.71. The molecular weight excluding hydrogens is 418 g/mol. The molecule has 3 aromatic heterocycles. The second-order valence-electron chi connectivity index (χ2n) is 8.94. The molecule has 0 unspecified atom stereocenters. The predicted molar refractivity (Wildman–Crippen MR) is 123 cm³/mol. The van der Waals surface area contributed by atoms with Crippen molar-refractivity contribution in [3.63, 3.8) is 0 Å². The number of carbonyl (C=O) groups is 1. The number of fused-ring (bicyclic) bond motifs is 1. The van der Waals surface area contributed by atoms with Gasteiger partial charge in [-0.2, -0.15) is 5.10 Å². The highest BCUT2D eigenvalue weighted by molar-refractivity contribution is 5.93. The molecule has 4 heterocycles. The molecule has 1 fully saturated rings. The molecule has 1 aliphatic heterocycles. The molecule has 8 heteroatoms. The van der Waals surface area contributed by atoms with E-state index in [-0.39, 0.29) is 18.6 Å². The summed E-state index contributed by atoms with van der Waals surface area (Å²) in [5.74, 6) is -0.236. The van der Waals surface area contributed by atoms with Crippen LogP contribution in [0.4, 0.5) is 0 Å². The zero-order valence-corrected chi connectivity index (χ0v) is 18.8. The third kappa shape index (κ3) is 4.82. The van der Waals surface area contributed by atoms with E-state index in [0.29, 0.717) is 25.1 Å². The number of aliphatic hydroxyl groups is 1. The first kappa shape index (κ1) is 21.7. The number of ether oxygens (including phenoxy) is 1. The molecule has 1 saturated heterocycles. The van der Waals surface area contributed by atoms with E-state index in [1.54, 1.807) is 4.68 Å². The molecule has 5 rings (SSSR count). The van der Waals surface area contributed by atoms with Gasteiger partial charge >= 0.3 is 0 Å². The minimum atomic E-state index is -0.691. The molecule has 2 aliphatic rings. The summed E-state index contributed by atoms with van der Waals surface area (Å²) in [4.78, 5) is 22.3. The molecule has 2 N–H and O–H groups in total. The molecule has 0 saturated carbocycles. The van der Waals surface area contributed by atoms with Gasteiger partial charge in [0, 0.05) is 37.3 Å². The lowest BCUT2D eigenvalue weighted by Crippen LogP contribution is -2.48. The maximum atomic E-state index is 13.0. The lowest BCUT2D eigenvalue weighted by Gasteiger charge is -2.28. The average Bonchev–Trinajstić information content (AvgIpc) is 3.27. The van der Waals surface area contributed by atoms with Gasteiger partial charge in [-0.25, -0.2) is 4.98 Å². The number of hydrogen-bond donors (Lipinski definition) is 2. The number of aliphatic hydroxyl groups excluding tert-OH is 1. The van der Waals surface area contributed by atoms with Gasteiger partial charge in [0.05, 0.1) is 30.6 Å². The fourth-order valence-electron chi connectivity index (χ4n) is 4.67. The summed E-state index contributed by atoms with van der Waals surface area (Å²) in [5.41, 5.74) is 6.81. The third-order valence-corrected chi connectivity index (χ3v) is 6.49. The highest BCUT2D eigenvalue weighted by Crippen LogP contribution is 2.26. The van der Waals surface area contributed by atoms with Crippen LogP contribution in [0.1, 0.15) is 52.1 Å². The highest BCUT2D eigenvalue weighted by atomic mass is 16.5. The van der Waals surface area contributed by atoms with Gasteiger partial charge in [0.2, 0.25) is 0 Å². The standard InChI is InChI=1S/C25H29N5O3/c1-30-14-18(13-27-30)20-7-6-16(12-26-20)10-17-11-23(28-21-5-3-2-4-19(17)21)25(32)29-22-8-9-33-15-24(22)31/h6-7,11-14,22,24,31H,2-5,8-10,15H2,1H3,(H,29,32)/t22-,24-/m0/s1. The van der Waals surface area contributed by atoms with Crippen LogP contribution in [-0.4, -0.2) is 56.1 Å². The van der Waals surface area contributed by atoms with Crippen molar-refractivity contribution >= 4 is 5.91 Å². The summed E-state index contributed by atoms with van der Waals surface area (Å²) in [6.45, 7) is 0.781. The Labute approximate surface area is 193 Å². The number of rotatable bonds is 5. The first-order chi connectivity index (χ1) is 16.1. The van der Waals surface area contributed by atoms with Crippen LogP contribution in [0.3, 0.4) is 0 Å². The van der Waals surface area contributed by atoms with Crippen molar-refractivity contribution in [3.05, 3.63) is 64.9 Å². The highest BCUT2D eigenvalue weighted by Gasteiger charge is 2.27. The molecule has 0 radical (unpaired) electrons. The Kier molecular flexibility index (Phi) is 6.20. The van der Waals surface area contributed by atoms with Crippen LogP contribution in [0, 0.1) is 0 Å². The number of aromatic nitrogens is 4. The number of carbonyl (C=O) groups excluding carboxylic acids is 1. The van der Waals surface area contributed by atoms with Gasteiger partial charge in [0.25, 0.3) is 5.91 Å². The Morgan fingerprint density at radius 1 is 1.27 bits per heavy atom. The van der Waals surface area contributed by atoms with Crippen LogP contribution in [0.25, 0.3) is 11.3 Å². The zero-order valence-electron chi connectivity index (χ0n) is 18.8. The van der Waals surface area contributed by atoms with E-state index in [4.69, 9.17) is 9.72 Å². The average molecular weight is 448 g/mol. The fraction of sp³-hybridized carbons (Fsp3) is 0.440. The topological polar surface area (TPSA) is 102 Å². The Morgan fingerprint density at radius 2 is 2.15 bits per heavy atom. The fourth-order valence-corrected chi connectivity index (χ4v) is 4.67. The quantitative estimate of drug-likeness (QED) is 0.622. The van der Waals surface area contributed by atoms with Gasteiger partial charge in [-0.3, -0.25) is 14.5 Å². The summed E-state index contributed by atoms with van der Waals surface area (Å²) >= 11 is 0. The second kappa shape index (κ2) is 9.41. The molecule has 1 aliphatic carbocycles. The molecule has 3 aromatic rings. The number of amides is 1. The Morgan fingerprint density at radius 3 is 2.91 bits per heavy atom. The lowest BCUT2D eigenvalue weighted by atomic mass is 9.89. The van der Waals surface area contributed by atoms with Gasteiger partial charge < -0.3 is 15.2 Å². The van der Waals surface area contributed by atoms with Gasteiger partial charge in [0.15, 0.2) is 0 Å². The van der Waals surface area contributed by atoms with Crippen molar-refractivity contribution in [2.45, 2.75) is 50.7 Å². The lowest BCUT2D eigenvalue weighted by molar-refractivity contribution is -0.0261. The molecular formula is C25H29N5O3. The Balaban J connectivity index is 1.39. The molecule has 33 heavy (non-hydrogen) atoms. The molecule has 0 aromatic carbocycles. The summed E-state index contributed by atoms with van der Waals surface area (Å²) in [6.07, 6.45) is 10.4. The molecule has 2 atom stereocenters. The van der Waals surface area contributed by atoms with Crippen LogP contribution < -0.4 is 5.32 Å². The number of nitrogens with one attached hydrogen (secondary N) is 1. The first-order valence-corrected chi connectivity index (χ1v) is 11.6. The maximum absolute atomic E-state index is 13.0. The van der Waals surface area contributed by atoms with Crippen molar-refractivity contribution < 1.29 is 14.6 Å². The Bertz CT molecular complexity index is 1140. The van der Waals surface area contributed by atoms with E-state index >= 15 is 0 Å². The van der Waals surface area contributed by atoms with Gasteiger partial charge in [-0.1, -0.05) is 6.07 Å². The van der Waals surface area contributed by atoms with E-state index in [1.165, 1.54) is 5.56 Å². The monoisotopic (exact) mass is 447 g/mol. The van der Waals surface area contributed by atoms with Crippen molar-refractivity contribution in [2.75, 3.05) is 13.2 Å². The van der Waals surface area contributed by atoms with E-state index < -0.39 is 6.10 Å².